The molecule has 0 spiro atoms. The zero-order valence-corrected chi connectivity index (χ0v) is 16.0. The van der Waals surface area contributed by atoms with Crippen LogP contribution in [0.15, 0.2) is 46.2 Å². The Bertz CT molecular complexity index is 1130. The maximum Gasteiger partial charge on any atom is 0.291 e. The largest absolute Gasteiger partial charge is 0.458 e. The van der Waals surface area contributed by atoms with Gasteiger partial charge >= 0.3 is 0 Å². The number of rotatable bonds is 5. The van der Waals surface area contributed by atoms with Gasteiger partial charge in [-0.05, 0) is 50.2 Å². The van der Waals surface area contributed by atoms with Gasteiger partial charge in [-0.1, -0.05) is 0 Å². The van der Waals surface area contributed by atoms with Gasteiger partial charge in [0.05, 0.1) is 17.2 Å². The van der Waals surface area contributed by atoms with Gasteiger partial charge in [0.1, 0.15) is 23.1 Å². The van der Waals surface area contributed by atoms with Crippen LogP contribution in [0.2, 0.25) is 0 Å². The molecule has 1 amide bonds. The predicted octanol–water partition coefficient (Wildman–Crippen LogP) is 3.67. The van der Waals surface area contributed by atoms with E-state index in [2.05, 4.69) is 20.4 Å². The molecule has 0 atom stereocenters. The number of carbonyl (C=O) groups excluding carboxylic acids is 1. The molecule has 0 aliphatic carbocycles. The number of amides is 1. The third kappa shape index (κ3) is 3.70. The molecule has 0 aliphatic heterocycles. The van der Waals surface area contributed by atoms with Gasteiger partial charge in [0.15, 0.2) is 5.76 Å². The molecule has 1 N–H and O–H groups in total. The van der Waals surface area contributed by atoms with Crippen molar-refractivity contribution in [2.45, 2.75) is 20.4 Å². The summed E-state index contributed by atoms with van der Waals surface area (Å²) < 4.78 is 20.3. The summed E-state index contributed by atoms with van der Waals surface area (Å²) >= 11 is 1.55. The molecule has 3 aromatic heterocycles. The number of nitrogens with one attached hydrogen (secondary N) is 1. The van der Waals surface area contributed by atoms with E-state index < -0.39 is 5.91 Å². The van der Waals surface area contributed by atoms with Gasteiger partial charge in [-0.3, -0.25) is 4.79 Å². The van der Waals surface area contributed by atoms with Crippen LogP contribution in [0.3, 0.4) is 0 Å². The third-order valence-electron chi connectivity index (χ3n) is 4.00. The third-order valence-corrected chi connectivity index (χ3v) is 4.77. The van der Waals surface area contributed by atoms with Crippen LogP contribution in [0.25, 0.3) is 17.1 Å². The predicted molar refractivity (Wildman–Crippen MR) is 102 cm³/mol. The molecule has 1 aromatic carbocycles. The molecule has 4 rings (SSSR count). The van der Waals surface area contributed by atoms with E-state index in [0.717, 1.165) is 10.7 Å². The van der Waals surface area contributed by atoms with Gasteiger partial charge in [0.25, 0.3) is 5.91 Å². The first-order valence-corrected chi connectivity index (χ1v) is 9.36. The van der Waals surface area contributed by atoms with E-state index in [-0.39, 0.29) is 18.2 Å². The van der Waals surface area contributed by atoms with Crippen LogP contribution in [-0.4, -0.2) is 25.7 Å². The van der Waals surface area contributed by atoms with Crippen molar-refractivity contribution < 1.29 is 13.6 Å². The van der Waals surface area contributed by atoms with Crippen LogP contribution in [0, 0.1) is 19.7 Å². The Morgan fingerprint density at radius 1 is 1.18 bits per heavy atom. The van der Waals surface area contributed by atoms with Crippen molar-refractivity contribution >= 4 is 17.2 Å². The van der Waals surface area contributed by atoms with Crippen LogP contribution < -0.4 is 5.32 Å². The zero-order chi connectivity index (χ0) is 19.7. The molecule has 0 bridgehead atoms. The number of benzene rings is 1. The lowest BCUT2D eigenvalue weighted by Crippen LogP contribution is -2.24. The highest BCUT2D eigenvalue weighted by molar-refractivity contribution is 7.09. The summed E-state index contributed by atoms with van der Waals surface area (Å²) in [5.74, 6) is 1.04. The average molecular weight is 397 g/mol. The lowest BCUT2D eigenvalue weighted by molar-refractivity contribution is 0.0937. The number of thiazole rings is 1. The molecule has 142 valence electrons. The molecular formula is C19H16FN5O2S. The molecule has 7 nitrogen and oxygen atoms in total. The van der Waals surface area contributed by atoms with Crippen molar-refractivity contribution in [3.63, 3.8) is 0 Å². The normalized spacial score (nSPS) is 11.0. The Morgan fingerprint density at radius 3 is 2.68 bits per heavy atom. The van der Waals surface area contributed by atoms with Crippen molar-refractivity contribution in [2.24, 2.45) is 0 Å². The summed E-state index contributed by atoms with van der Waals surface area (Å²) in [6.45, 7) is 3.85. The van der Waals surface area contributed by atoms with Gasteiger partial charge in [-0.2, -0.15) is 0 Å². The van der Waals surface area contributed by atoms with Crippen molar-refractivity contribution in [3.05, 3.63) is 70.0 Å². The van der Waals surface area contributed by atoms with Crippen LogP contribution >= 0.6 is 11.3 Å². The Labute approximate surface area is 163 Å². The average Bonchev–Trinajstić information content (AvgIpc) is 3.40. The summed E-state index contributed by atoms with van der Waals surface area (Å²) in [7, 11) is 0. The van der Waals surface area contributed by atoms with E-state index >= 15 is 0 Å². The maximum atomic E-state index is 13.1. The molecule has 0 saturated heterocycles. The Balaban J connectivity index is 1.44. The fourth-order valence-corrected chi connectivity index (χ4v) is 3.25. The first-order valence-electron chi connectivity index (χ1n) is 8.48. The Hall–Kier alpha value is -3.33. The standard InChI is InChI=1S/C19H16FN5O2S/c1-11-22-18(24-25(11)14-5-3-13(20)4-6-14)19(26)21-9-15-7-8-17(27-15)16-10-28-12(2)23-16/h3-8,10H,9H2,1-2H3,(H,21,26). The second kappa shape index (κ2) is 7.35. The van der Waals surface area contributed by atoms with E-state index in [1.165, 1.54) is 16.8 Å². The summed E-state index contributed by atoms with van der Waals surface area (Å²) in [6, 6.07) is 9.41. The number of hydrogen-bond donors (Lipinski definition) is 1. The quantitative estimate of drug-likeness (QED) is 0.555. The van der Waals surface area contributed by atoms with Gasteiger partial charge < -0.3 is 9.73 Å². The Morgan fingerprint density at radius 2 is 1.96 bits per heavy atom. The number of carbonyl (C=O) groups is 1. The summed E-state index contributed by atoms with van der Waals surface area (Å²) in [6.07, 6.45) is 0. The number of furan rings is 1. The second-order valence-corrected chi connectivity index (χ2v) is 7.13. The molecule has 0 unspecified atom stereocenters. The van der Waals surface area contributed by atoms with Gasteiger partial charge in [0, 0.05) is 5.38 Å². The maximum absolute atomic E-state index is 13.1. The van der Waals surface area contributed by atoms with Crippen molar-refractivity contribution in [3.8, 4) is 17.1 Å². The van der Waals surface area contributed by atoms with E-state index in [1.54, 1.807) is 36.5 Å². The molecule has 4 aromatic rings. The minimum absolute atomic E-state index is 0.0312. The number of halogens is 1. The monoisotopic (exact) mass is 397 g/mol. The molecule has 3 heterocycles. The highest BCUT2D eigenvalue weighted by atomic mass is 32.1. The minimum Gasteiger partial charge on any atom is -0.458 e. The van der Waals surface area contributed by atoms with Crippen LogP contribution in [-0.2, 0) is 6.54 Å². The van der Waals surface area contributed by atoms with E-state index in [9.17, 15) is 9.18 Å². The number of nitrogens with zero attached hydrogens (tertiary/aromatic N) is 4. The first kappa shape index (κ1) is 18.1. The van der Waals surface area contributed by atoms with E-state index in [1.807, 2.05) is 18.4 Å². The number of aromatic nitrogens is 4. The van der Waals surface area contributed by atoms with Gasteiger partial charge in [-0.25, -0.2) is 19.0 Å². The highest BCUT2D eigenvalue weighted by Crippen LogP contribution is 2.23. The lowest BCUT2D eigenvalue weighted by Gasteiger charge is -2.02. The van der Waals surface area contributed by atoms with Crippen LogP contribution in [0.4, 0.5) is 4.39 Å². The van der Waals surface area contributed by atoms with E-state index in [0.29, 0.717) is 23.0 Å². The van der Waals surface area contributed by atoms with Gasteiger partial charge in [-0.15, -0.1) is 16.4 Å². The highest BCUT2D eigenvalue weighted by Gasteiger charge is 2.16. The van der Waals surface area contributed by atoms with Crippen molar-refractivity contribution in [2.75, 3.05) is 0 Å². The molecule has 0 aliphatic rings. The molecule has 0 fully saturated rings. The molecule has 28 heavy (non-hydrogen) atoms. The summed E-state index contributed by atoms with van der Waals surface area (Å²) in [5.41, 5.74) is 1.40. The molecule has 0 radical (unpaired) electrons. The molecule has 0 saturated carbocycles. The zero-order valence-electron chi connectivity index (χ0n) is 15.1. The topological polar surface area (TPSA) is 85.8 Å². The van der Waals surface area contributed by atoms with Gasteiger partial charge in [0.2, 0.25) is 5.82 Å². The second-order valence-electron chi connectivity index (χ2n) is 6.07. The fraction of sp³-hybridized carbons (Fsp3) is 0.158. The summed E-state index contributed by atoms with van der Waals surface area (Å²) in [4.78, 5) is 20.9. The smallest absolute Gasteiger partial charge is 0.291 e. The lowest BCUT2D eigenvalue weighted by atomic mass is 10.3. The Kier molecular flexibility index (Phi) is 4.74. The van der Waals surface area contributed by atoms with Crippen molar-refractivity contribution in [1.29, 1.82) is 0 Å². The number of aryl methyl sites for hydroxylation is 2. The van der Waals surface area contributed by atoms with Crippen LogP contribution in [0.1, 0.15) is 27.2 Å². The minimum atomic E-state index is -0.425. The molecular weight excluding hydrogens is 381 g/mol. The molecule has 9 heteroatoms. The number of hydrogen-bond acceptors (Lipinski definition) is 6. The fourth-order valence-electron chi connectivity index (χ4n) is 2.65. The van der Waals surface area contributed by atoms with Crippen LogP contribution in [0.5, 0.6) is 0 Å². The van der Waals surface area contributed by atoms with E-state index in [4.69, 9.17) is 4.42 Å². The van der Waals surface area contributed by atoms with Crippen molar-refractivity contribution in [1.82, 2.24) is 25.1 Å². The first-order chi connectivity index (χ1) is 13.5. The SMILES string of the molecule is Cc1nc(-c2ccc(CNC(=O)c3nc(C)n(-c4ccc(F)cc4)n3)o2)cs1. The summed E-state index contributed by atoms with van der Waals surface area (Å²) in [5, 5.41) is 9.83.